The quantitative estimate of drug-likeness (QED) is 0.323. The number of anilines is 1. The van der Waals surface area contributed by atoms with Gasteiger partial charge >= 0.3 is 11.6 Å². The minimum atomic E-state index is -0.743. The molecule has 1 aromatic carbocycles. The van der Waals surface area contributed by atoms with Crippen molar-refractivity contribution in [2.45, 2.75) is 20.8 Å². The first-order valence-corrected chi connectivity index (χ1v) is 10.3. The third-order valence-electron chi connectivity index (χ3n) is 4.57. The number of amides is 1. The number of fused-ring (bicyclic) bond motifs is 1. The van der Waals surface area contributed by atoms with Gasteiger partial charge in [0.1, 0.15) is 17.2 Å². The normalized spacial score (nSPS) is 10.8. The molecule has 11 nitrogen and oxygen atoms in total. The molecule has 0 unspecified atom stereocenters. The third-order valence-corrected chi connectivity index (χ3v) is 4.57. The molecule has 0 spiro atoms. The standard InChI is InChI=1S/C23H21N5O6/c1-13-8-14(2)25-23(24-13)28-19(9-15(3)27-28)26-20(29)11-33-22(31)12-32-17-6-4-16-5-7-21(30)34-18(16)10-17/h4-10H,11-12H2,1-3H3,(H,26,29). The van der Waals surface area contributed by atoms with Crippen LogP contribution in [0.1, 0.15) is 17.1 Å². The van der Waals surface area contributed by atoms with Crippen molar-refractivity contribution >= 4 is 28.7 Å². The topological polar surface area (TPSA) is 138 Å². The van der Waals surface area contributed by atoms with Gasteiger partial charge in [-0.1, -0.05) is 0 Å². The molecule has 0 aliphatic carbocycles. The molecule has 0 saturated heterocycles. The van der Waals surface area contributed by atoms with Crippen LogP contribution in [0.5, 0.6) is 5.75 Å². The van der Waals surface area contributed by atoms with Crippen molar-refractivity contribution in [1.29, 1.82) is 0 Å². The molecule has 0 atom stereocenters. The highest BCUT2D eigenvalue weighted by Crippen LogP contribution is 2.19. The van der Waals surface area contributed by atoms with Crippen LogP contribution in [-0.2, 0) is 14.3 Å². The maximum Gasteiger partial charge on any atom is 0.344 e. The van der Waals surface area contributed by atoms with Crippen molar-refractivity contribution < 1.29 is 23.5 Å². The van der Waals surface area contributed by atoms with E-state index in [1.54, 1.807) is 31.2 Å². The first-order chi connectivity index (χ1) is 16.3. The van der Waals surface area contributed by atoms with Gasteiger partial charge in [0.05, 0.1) is 5.69 Å². The van der Waals surface area contributed by atoms with Crippen molar-refractivity contribution in [3.8, 4) is 11.7 Å². The number of hydrogen-bond donors (Lipinski definition) is 1. The Morgan fingerprint density at radius 1 is 0.971 bits per heavy atom. The summed E-state index contributed by atoms with van der Waals surface area (Å²) < 4.78 is 16.8. The third kappa shape index (κ3) is 5.44. The van der Waals surface area contributed by atoms with Crippen LogP contribution < -0.4 is 15.7 Å². The number of benzene rings is 1. The Morgan fingerprint density at radius 3 is 2.47 bits per heavy atom. The van der Waals surface area contributed by atoms with E-state index in [0.29, 0.717) is 34.2 Å². The molecule has 1 N–H and O–H groups in total. The van der Waals surface area contributed by atoms with Crippen LogP contribution in [0.3, 0.4) is 0 Å². The summed E-state index contributed by atoms with van der Waals surface area (Å²) in [6.45, 7) is 4.49. The lowest BCUT2D eigenvalue weighted by molar-refractivity contribution is -0.149. The highest BCUT2D eigenvalue weighted by atomic mass is 16.6. The summed E-state index contributed by atoms with van der Waals surface area (Å²) in [4.78, 5) is 44.4. The zero-order valence-electron chi connectivity index (χ0n) is 18.7. The average Bonchev–Trinajstić information content (AvgIpc) is 3.15. The second-order valence-corrected chi connectivity index (χ2v) is 7.49. The second kappa shape index (κ2) is 9.53. The Hall–Kier alpha value is -4.54. The van der Waals surface area contributed by atoms with Gasteiger partial charge in [-0.2, -0.15) is 9.78 Å². The van der Waals surface area contributed by atoms with Crippen LogP contribution in [0.4, 0.5) is 5.82 Å². The molecule has 174 valence electrons. The Bertz CT molecular complexity index is 1420. The molecule has 0 radical (unpaired) electrons. The zero-order valence-corrected chi connectivity index (χ0v) is 18.7. The predicted octanol–water partition coefficient (Wildman–Crippen LogP) is 2.25. The lowest BCUT2D eigenvalue weighted by Gasteiger charge is -2.10. The Balaban J connectivity index is 1.33. The van der Waals surface area contributed by atoms with E-state index in [1.807, 2.05) is 19.9 Å². The number of esters is 1. The van der Waals surface area contributed by atoms with Gasteiger partial charge in [-0.3, -0.25) is 4.79 Å². The van der Waals surface area contributed by atoms with E-state index in [2.05, 4.69) is 20.4 Å². The monoisotopic (exact) mass is 463 g/mol. The van der Waals surface area contributed by atoms with E-state index >= 15 is 0 Å². The Morgan fingerprint density at radius 2 is 1.71 bits per heavy atom. The van der Waals surface area contributed by atoms with Gasteiger partial charge in [0.2, 0.25) is 0 Å². The number of nitrogens with one attached hydrogen (secondary N) is 1. The van der Waals surface area contributed by atoms with E-state index in [9.17, 15) is 14.4 Å². The number of nitrogens with zero attached hydrogens (tertiary/aromatic N) is 4. The van der Waals surface area contributed by atoms with Gasteiger partial charge < -0.3 is 19.2 Å². The summed E-state index contributed by atoms with van der Waals surface area (Å²) in [6.07, 6.45) is 0. The number of rotatable bonds is 7. The van der Waals surface area contributed by atoms with Crippen molar-refractivity contribution in [2.75, 3.05) is 18.5 Å². The molecule has 4 rings (SSSR count). The maximum absolute atomic E-state index is 12.3. The molecule has 4 aromatic rings. The van der Waals surface area contributed by atoms with Crippen molar-refractivity contribution in [3.05, 3.63) is 70.0 Å². The van der Waals surface area contributed by atoms with Crippen LogP contribution >= 0.6 is 0 Å². The van der Waals surface area contributed by atoms with Crippen LogP contribution in [0.2, 0.25) is 0 Å². The van der Waals surface area contributed by atoms with Crippen LogP contribution in [0.25, 0.3) is 16.9 Å². The second-order valence-electron chi connectivity index (χ2n) is 7.49. The summed E-state index contributed by atoms with van der Waals surface area (Å²) >= 11 is 0. The van der Waals surface area contributed by atoms with E-state index < -0.39 is 30.7 Å². The largest absolute Gasteiger partial charge is 0.482 e. The molecule has 3 aromatic heterocycles. The SMILES string of the molecule is Cc1cc(C)nc(-n2nc(C)cc2NC(=O)COC(=O)COc2ccc3ccc(=O)oc3c2)n1. The Kier molecular flexibility index (Phi) is 6.35. The predicted molar refractivity (Wildman–Crippen MR) is 121 cm³/mol. The molecule has 0 aliphatic heterocycles. The minimum absolute atomic E-state index is 0.316. The van der Waals surface area contributed by atoms with Crippen LogP contribution in [0, 0.1) is 20.8 Å². The molecule has 0 fully saturated rings. The molecule has 3 heterocycles. The van der Waals surface area contributed by atoms with Crippen LogP contribution in [0.15, 0.2) is 51.7 Å². The Labute approximate surface area is 193 Å². The van der Waals surface area contributed by atoms with E-state index in [0.717, 1.165) is 11.4 Å². The molecular weight excluding hydrogens is 442 g/mol. The zero-order chi connectivity index (χ0) is 24.2. The van der Waals surface area contributed by atoms with Crippen molar-refractivity contribution in [1.82, 2.24) is 19.7 Å². The fourth-order valence-electron chi connectivity index (χ4n) is 3.18. The highest BCUT2D eigenvalue weighted by molar-refractivity contribution is 5.92. The van der Waals surface area contributed by atoms with E-state index in [1.165, 1.54) is 16.8 Å². The van der Waals surface area contributed by atoms with E-state index in [-0.39, 0.29) is 0 Å². The van der Waals surface area contributed by atoms with Gasteiger partial charge in [-0.25, -0.2) is 19.6 Å². The highest BCUT2D eigenvalue weighted by Gasteiger charge is 2.15. The lowest BCUT2D eigenvalue weighted by atomic mass is 10.2. The lowest BCUT2D eigenvalue weighted by Crippen LogP contribution is -2.25. The average molecular weight is 463 g/mol. The first kappa shape index (κ1) is 22.6. The fraction of sp³-hybridized carbons (Fsp3) is 0.217. The number of ether oxygens (including phenoxy) is 2. The summed E-state index contributed by atoms with van der Waals surface area (Å²) in [5.74, 6) is -0.329. The van der Waals surface area contributed by atoms with Gasteiger partial charge in [0.15, 0.2) is 13.2 Å². The number of hydrogen-bond acceptors (Lipinski definition) is 9. The number of aryl methyl sites for hydroxylation is 3. The summed E-state index contributed by atoms with van der Waals surface area (Å²) in [7, 11) is 0. The molecule has 1 amide bonds. The number of carbonyl (C=O) groups excluding carboxylic acids is 2. The number of carbonyl (C=O) groups is 2. The molecule has 0 saturated carbocycles. The molecule has 11 heteroatoms. The molecule has 0 aliphatic rings. The summed E-state index contributed by atoms with van der Waals surface area (Å²) in [5.41, 5.74) is 2.01. The van der Waals surface area contributed by atoms with Gasteiger partial charge in [-0.05, 0) is 45.0 Å². The molecule has 0 bridgehead atoms. The van der Waals surface area contributed by atoms with Crippen molar-refractivity contribution in [2.24, 2.45) is 0 Å². The summed E-state index contributed by atoms with van der Waals surface area (Å²) in [6, 6.07) is 11.2. The van der Waals surface area contributed by atoms with Crippen molar-refractivity contribution in [3.63, 3.8) is 0 Å². The summed E-state index contributed by atoms with van der Waals surface area (Å²) in [5, 5.41) is 7.68. The maximum atomic E-state index is 12.3. The van der Waals surface area contributed by atoms with E-state index in [4.69, 9.17) is 13.9 Å². The van der Waals surface area contributed by atoms with Gasteiger partial charge in [0, 0.05) is 35.0 Å². The minimum Gasteiger partial charge on any atom is -0.482 e. The molecule has 34 heavy (non-hydrogen) atoms. The van der Waals surface area contributed by atoms with Crippen LogP contribution in [-0.4, -0.2) is 44.8 Å². The smallest absolute Gasteiger partial charge is 0.344 e. The van der Waals surface area contributed by atoms with Gasteiger partial charge in [0.25, 0.3) is 11.9 Å². The number of aromatic nitrogens is 4. The molecular formula is C23H21N5O6. The first-order valence-electron chi connectivity index (χ1n) is 10.3. The fourth-order valence-corrected chi connectivity index (χ4v) is 3.18. The van der Waals surface area contributed by atoms with Gasteiger partial charge in [-0.15, -0.1) is 0 Å².